The topological polar surface area (TPSA) is 70.8 Å². The number of nitrogens with two attached hydrogens (primary N) is 1. The highest BCUT2D eigenvalue weighted by atomic mass is 16.5. The van der Waals surface area contributed by atoms with Crippen LogP contribution in [0.25, 0.3) is 0 Å². The van der Waals surface area contributed by atoms with Crippen LogP contribution < -0.4 is 15.2 Å². The molecule has 0 heterocycles. The second kappa shape index (κ2) is 6.74. The first-order chi connectivity index (χ1) is 8.63. The van der Waals surface area contributed by atoms with Crippen molar-refractivity contribution in [3.63, 3.8) is 0 Å². The molecule has 0 spiro atoms. The Morgan fingerprint density at radius 2 is 2.00 bits per heavy atom. The van der Waals surface area contributed by atoms with Gasteiger partial charge < -0.3 is 19.9 Å². The summed E-state index contributed by atoms with van der Waals surface area (Å²) in [6, 6.07) is 3.11. The molecule has 0 fully saturated rings. The summed E-state index contributed by atoms with van der Waals surface area (Å²) in [7, 11) is 2.82. The highest BCUT2D eigenvalue weighted by Crippen LogP contribution is 2.32. The van der Waals surface area contributed by atoms with Gasteiger partial charge in [-0.15, -0.1) is 0 Å². The number of hydrogen-bond acceptors (Lipinski definition) is 5. The van der Waals surface area contributed by atoms with E-state index in [1.54, 1.807) is 6.07 Å². The standard InChI is InChI=1S/C13H19NO4/c1-4-5-6-18-12-8-10(14)9(13(15)17-3)7-11(12)16-2/h7-8H,4-6,14H2,1-3H3. The van der Waals surface area contributed by atoms with Crippen molar-refractivity contribution in [3.8, 4) is 11.5 Å². The smallest absolute Gasteiger partial charge is 0.340 e. The average Bonchev–Trinajstić information content (AvgIpc) is 2.38. The first-order valence-corrected chi connectivity index (χ1v) is 5.82. The van der Waals surface area contributed by atoms with Gasteiger partial charge in [0.05, 0.1) is 32.1 Å². The number of benzene rings is 1. The van der Waals surface area contributed by atoms with E-state index in [1.807, 2.05) is 0 Å². The van der Waals surface area contributed by atoms with Gasteiger partial charge in [-0.1, -0.05) is 13.3 Å². The molecule has 0 aromatic heterocycles. The van der Waals surface area contributed by atoms with Crippen LogP contribution in [0.15, 0.2) is 12.1 Å². The van der Waals surface area contributed by atoms with E-state index in [1.165, 1.54) is 20.3 Å². The fourth-order valence-corrected chi connectivity index (χ4v) is 1.46. The van der Waals surface area contributed by atoms with E-state index >= 15 is 0 Å². The zero-order chi connectivity index (χ0) is 13.5. The summed E-state index contributed by atoms with van der Waals surface area (Å²) in [5, 5.41) is 0. The van der Waals surface area contributed by atoms with Crippen molar-refractivity contribution in [3.05, 3.63) is 17.7 Å². The van der Waals surface area contributed by atoms with Gasteiger partial charge in [-0.25, -0.2) is 4.79 Å². The third kappa shape index (κ3) is 3.29. The number of ether oxygens (including phenoxy) is 3. The molecule has 100 valence electrons. The number of anilines is 1. The molecule has 0 saturated carbocycles. The Balaban J connectivity index is 2.99. The Bertz CT molecular complexity index is 418. The number of carbonyl (C=O) groups is 1. The third-order valence-electron chi connectivity index (χ3n) is 2.50. The van der Waals surface area contributed by atoms with Crippen LogP contribution in [0.1, 0.15) is 30.1 Å². The predicted molar refractivity (Wildman–Crippen MR) is 69.1 cm³/mol. The molecular formula is C13H19NO4. The van der Waals surface area contributed by atoms with E-state index in [4.69, 9.17) is 15.2 Å². The number of nitrogen functional groups attached to an aromatic ring is 1. The minimum Gasteiger partial charge on any atom is -0.493 e. The molecule has 0 radical (unpaired) electrons. The van der Waals surface area contributed by atoms with E-state index < -0.39 is 5.97 Å². The summed E-state index contributed by atoms with van der Waals surface area (Å²) in [4.78, 5) is 11.5. The van der Waals surface area contributed by atoms with Crippen molar-refractivity contribution in [2.45, 2.75) is 19.8 Å². The SMILES string of the molecule is CCCCOc1cc(N)c(C(=O)OC)cc1OC. The summed E-state index contributed by atoms with van der Waals surface area (Å²) in [6.07, 6.45) is 1.99. The maximum absolute atomic E-state index is 11.5. The van der Waals surface area contributed by atoms with Crippen LogP contribution in [-0.2, 0) is 4.74 Å². The molecule has 0 unspecified atom stereocenters. The lowest BCUT2D eigenvalue weighted by Gasteiger charge is -2.13. The van der Waals surface area contributed by atoms with E-state index in [0.717, 1.165) is 12.8 Å². The molecule has 0 bridgehead atoms. The Morgan fingerprint density at radius 3 is 2.56 bits per heavy atom. The lowest BCUT2D eigenvalue weighted by molar-refractivity contribution is 0.0601. The van der Waals surface area contributed by atoms with Crippen molar-refractivity contribution in [1.29, 1.82) is 0 Å². The molecule has 0 aliphatic heterocycles. The molecule has 5 nitrogen and oxygen atoms in total. The summed E-state index contributed by atoms with van der Waals surface area (Å²) in [5.74, 6) is 0.516. The minimum absolute atomic E-state index is 0.275. The summed E-state index contributed by atoms with van der Waals surface area (Å²) < 4.78 is 15.4. The first kappa shape index (κ1) is 14.2. The first-order valence-electron chi connectivity index (χ1n) is 5.82. The lowest BCUT2D eigenvalue weighted by Crippen LogP contribution is -2.07. The Morgan fingerprint density at radius 1 is 1.28 bits per heavy atom. The fourth-order valence-electron chi connectivity index (χ4n) is 1.46. The van der Waals surface area contributed by atoms with Gasteiger partial charge in [0.15, 0.2) is 11.5 Å². The number of rotatable bonds is 6. The zero-order valence-corrected chi connectivity index (χ0v) is 11.0. The van der Waals surface area contributed by atoms with Crippen molar-refractivity contribution >= 4 is 11.7 Å². The van der Waals surface area contributed by atoms with Crippen LogP contribution in [-0.4, -0.2) is 26.8 Å². The van der Waals surface area contributed by atoms with E-state index in [-0.39, 0.29) is 5.56 Å². The highest BCUT2D eigenvalue weighted by molar-refractivity contribution is 5.96. The molecule has 0 amide bonds. The number of hydrogen-bond donors (Lipinski definition) is 1. The summed E-state index contributed by atoms with van der Waals surface area (Å²) in [6.45, 7) is 2.67. The van der Waals surface area contributed by atoms with Gasteiger partial charge in [0.1, 0.15) is 0 Å². The third-order valence-corrected chi connectivity index (χ3v) is 2.50. The van der Waals surface area contributed by atoms with Crippen LogP contribution in [0, 0.1) is 0 Å². The van der Waals surface area contributed by atoms with Gasteiger partial charge in [0.2, 0.25) is 0 Å². The molecule has 0 atom stereocenters. The van der Waals surface area contributed by atoms with Crippen LogP contribution in [0.3, 0.4) is 0 Å². The number of esters is 1. The molecule has 2 N–H and O–H groups in total. The van der Waals surface area contributed by atoms with Crippen LogP contribution in [0.4, 0.5) is 5.69 Å². The van der Waals surface area contributed by atoms with Crippen molar-refractivity contribution < 1.29 is 19.0 Å². The second-order valence-electron chi connectivity index (χ2n) is 3.78. The second-order valence-corrected chi connectivity index (χ2v) is 3.78. The Kier molecular flexibility index (Phi) is 5.30. The average molecular weight is 253 g/mol. The van der Waals surface area contributed by atoms with Gasteiger partial charge >= 0.3 is 5.97 Å². The van der Waals surface area contributed by atoms with Crippen molar-refractivity contribution in [2.24, 2.45) is 0 Å². The molecule has 1 aromatic rings. The van der Waals surface area contributed by atoms with Gasteiger partial charge in [0, 0.05) is 12.1 Å². The van der Waals surface area contributed by atoms with Crippen LogP contribution >= 0.6 is 0 Å². The molecular weight excluding hydrogens is 234 g/mol. The molecule has 0 saturated heterocycles. The maximum atomic E-state index is 11.5. The zero-order valence-electron chi connectivity index (χ0n) is 11.0. The monoisotopic (exact) mass is 253 g/mol. The minimum atomic E-state index is -0.495. The predicted octanol–water partition coefficient (Wildman–Crippen LogP) is 2.24. The van der Waals surface area contributed by atoms with Gasteiger partial charge in [0.25, 0.3) is 0 Å². The van der Waals surface area contributed by atoms with Gasteiger partial charge in [-0.05, 0) is 6.42 Å². The van der Waals surface area contributed by atoms with Crippen molar-refractivity contribution in [1.82, 2.24) is 0 Å². The molecule has 1 rings (SSSR count). The van der Waals surface area contributed by atoms with E-state index in [2.05, 4.69) is 11.7 Å². The maximum Gasteiger partial charge on any atom is 0.340 e. The Labute approximate surface area is 107 Å². The highest BCUT2D eigenvalue weighted by Gasteiger charge is 2.15. The van der Waals surface area contributed by atoms with Crippen LogP contribution in [0.2, 0.25) is 0 Å². The number of carbonyl (C=O) groups excluding carboxylic acids is 1. The normalized spacial score (nSPS) is 9.94. The fraction of sp³-hybridized carbons (Fsp3) is 0.462. The Hall–Kier alpha value is -1.91. The number of methoxy groups -OCH3 is 2. The van der Waals surface area contributed by atoms with Gasteiger partial charge in [-0.2, -0.15) is 0 Å². The number of unbranched alkanes of at least 4 members (excludes halogenated alkanes) is 1. The van der Waals surface area contributed by atoms with E-state index in [0.29, 0.717) is 23.8 Å². The molecule has 0 aliphatic rings. The van der Waals surface area contributed by atoms with E-state index in [9.17, 15) is 4.79 Å². The van der Waals surface area contributed by atoms with Gasteiger partial charge in [-0.3, -0.25) is 0 Å². The van der Waals surface area contributed by atoms with Crippen LogP contribution in [0.5, 0.6) is 11.5 Å². The summed E-state index contributed by atoms with van der Waals surface area (Å²) >= 11 is 0. The molecule has 18 heavy (non-hydrogen) atoms. The quantitative estimate of drug-likeness (QED) is 0.478. The molecule has 1 aromatic carbocycles. The van der Waals surface area contributed by atoms with Crippen molar-refractivity contribution in [2.75, 3.05) is 26.6 Å². The lowest BCUT2D eigenvalue weighted by atomic mass is 10.1. The summed E-state index contributed by atoms with van der Waals surface area (Å²) in [5.41, 5.74) is 6.38. The molecule has 0 aliphatic carbocycles. The molecule has 5 heteroatoms. The largest absolute Gasteiger partial charge is 0.493 e.